The number of carbonyl (C=O) groups is 4. The molecule has 1 aromatic rings. The lowest BCUT2D eigenvalue weighted by Gasteiger charge is -2.51. The molecular formula is C48H78N4O25S. The van der Waals surface area contributed by atoms with Gasteiger partial charge < -0.3 is 105 Å². The molecule has 4 saturated heterocycles. The van der Waals surface area contributed by atoms with Gasteiger partial charge in [0.1, 0.15) is 103 Å². The molecule has 0 aromatic heterocycles. The molecule has 0 aliphatic carbocycles. The minimum Gasteiger partial charge on any atom is -0.494 e. The van der Waals surface area contributed by atoms with Crippen molar-refractivity contribution in [3.63, 3.8) is 0 Å². The van der Waals surface area contributed by atoms with E-state index in [0.717, 1.165) is 46.5 Å². The summed E-state index contributed by atoms with van der Waals surface area (Å²) in [7, 11) is 0. The third-order valence-corrected chi connectivity index (χ3v) is 13.9. The zero-order valence-corrected chi connectivity index (χ0v) is 44.6. The van der Waals surface area contributed by atoms with Crippen LogP contribution in [-0.4, -0.2) is 230 Å². The lowest BCUT2D eigenvalue weighted by atomic mass is 9.93. The number of benzene rings is 1. The molecule has 29 nitrogen and oxygen atoms in total. The van der Waals surface area contributed by atoms with Crippen LogP contribution in [0.25, 0.3) is 0 Å². The van der Waals surface area contributed by atoms with Crippen LogP contribution < -0.4 is 26.0 Å². The average molecular weight is 1140 g/mol. The average Bonchev–Trinajstić information content (AvgIpc) is 3.42. The summed E-state index contributed by atoms with van der Waals surface area (Å²) in [5, 5.41) is 122. The predicted octanol–water partition coefficient (Wildman–Crippen LogP) is -2.96. The Morgan fingerprint density at radius 2 is 1.03 bits per heavy atom. The molecule has 1 aromatic carbocycles. The maximum atomic E-state index is 13.8. The molecule has 5 rings (SSSR count). The van der Waals surface area contributed by atoms with Crippen molar-refractivity contribution < 1.29 is 122 Å². The van der Waals surface area contributed by atoms with Gasteiger partial charge in [0.15, 0.2) is 37.5 Å². The minimum atomic E-state index is -1.96. The number of carbonyl (C=O) groups excluding carboxylic acids is 4. The summed E-state index contributed by atoms with van der Waals surface area (Å²) in [5.41, 5.74) is 0.0868. The second-order valence-electron chi connectivity index (χ2n) is 19.4. The predicted molar refractivity (Wildman–Crippen MR) is 264 cm³/mol. The van der Waals surface area contributed by atoms with Crippen molar-refractivity contribution in [2.75, 3.05) is 33.0 Å². The normalized spacial score (nSPS) is 35.1. The van der Waals surface area contributed by atoms with Crippen molar-refractivity contribution in [3.8, 4) is 5.75 Å². The maximum absolute atomic E-state index is 13.8. The first-order chi connectivity index (χ1) is 37.4. The van der Waals surface area contributed by atoms with Crippen LogP contribution in [0.4, 0.5) is 0 Å². The first-order valence-electron chi connectivity index (χ1n) is 26.0. The van der Waals surface area contributed by atoms with Gasteiger partial charge in [0.25, 0.3) is 5.91 Å². The summed E-state index contributed by atoms with van der Waals surface area (Å²) < 4.78 is 57.2. The van der Waals surface area contributed by atoms with Crippen LogP contribution in [0.2, 0.25) is 0 Å². The fourth-order valence-electron chi connectivity index (χ4n) is 9.61. The number of amides is 4. The van der Waals surface area contributed by atoms with E-state index in [2.05, 4.69) is 37.6 Å². The summed E-state index contributed by atoms with van der Waals surface area (Å²) in [6.45, 7) is 2.47. The van der Waals surface area contributed by atoms with Crippen molar-refractivity contribution in [1.29, 1.82) is 0 Å². The molecule has 0 radical (unpaired) electrons. The smallest absolute Gasteiger partial charge is 0.251 e. The standard InChI is InChI=1S/C48H78N4O25S/c1-5-6-7-8-9-10-11-12-13-17-67-27-16-14-15-26(18-27)44(64)52-33-37(60)36(59)28(19-53)70-46(33)73-41-29(20-54)71-47(34(39(41)62)50-24(3)57)74-42-30(21-55)72-48(35(40(42)63)51-25(4)58)75-43-31(22-68-78-77-76-66)69-45(65)32(38(43)61)49-23(2)56/h14-16,18,28-43,45-48,53-55,59-63,65-66H,5-13,17,19-22H2,1-4H3,(H,49,56)(H,50,57)(H,51,58)(H,52,64)/t28?,29-,30?,31-,32?,33-,34?,35-,36+,37+,38?,39?,40+,41+,42?,43+,45?,46?,47?,48-/m0/s1. The molecular weight excluding hydrogens is 1060 g/mol. The molecule has 4 aliphatic rings. The molecule has 10 unspecified atom stereocenters. The summed E-state index contributed by atoms with van der Waals surface area (Å²) in [6, 6.07) is -0.268. The van der Waals surface area contributed by atoms with E-state index in [1.807, 2.05) is 0 Å². The van der Waals surface area contributed by atoms with Gasteiger partial charge in [-0.3, -0.25) is 23.4 Å². The highest BCUT2D eigenvalue weighted by Gasteiger charge is 2.56. The lowest BCUT2D eigenvalue weighted by molar-refractivity contribution is -0.434. The van der Waals surface area contributed by atoms with Crippen molar-refractivity contribution >= 4 is 36.0 Å². The van der Waals surface area contributed by atoms with Crippen LogP contribution in [0.5, 0.6) is 5.75 Å². The Balaban J connectivity index is 1.33. The zero-order chi connectivity index (χ0) is 57.1. The van der Waals surface area contributed by atoms with Gasteiger partial charge in [0.2, 0.25) is 17.7 Å². The van der Waals surface area contributed by atoms with E-state index in [-0.39, 0.29) is 17.9 Å². The minimum absolute atomic E-state index is 0.0868. The van der Waals surface area contributed by atoms with E-state index >= 15 is 0 Å². The second kappa shape index (κ2) is 32.8. The van der Waals surface area contributed by atoms with Gasteiger partial charge in [-0.2, -0.15) is 0 Å². The molecule has 0 saturated carbocycles. The van der Waals surface area contributed by atoms with Gasteiger partial charge in [0, 0.05) is 26.3 Å². The monoisotopic (exact) mass is 1140 g/mol. The molecule has 78 heavy (non-hydrogen) atoms. The second-order valence-corrected chi connectivity index (χ2v) is 19.9. The summed E-state index contributed by atoms with van der Waals surface area (Å²) in [4.78, 5) is 51.2. The molecule has 4 aliphatic heterocycles. The topological polar surface area (TPSA) is 420 Å². The lowest BCUT2D eigenvalue weighted by Crippen LogP contribution is -2.71. The number of ether oxygens (including phenoxy) is 8. The quantitative estimate of drug-likeness (QED) is 0.0158. The van der Waals surface area contributed by atoms with Crippen molar-refractivity contribution in [2.45, 2.75) is 208 Å². The number of rotatable bonds is 30. The van der Waals surface area contributed by atoms with Crippen molar-refractivity contribution in [3.05, 3.63) is 29.8 Å². The van der Waals surface area contributed by atoms with E-state index in [9.17, 15) is 65.1 Å². The van der Waals surface area contributed by atoms with E-state index in [1.54, 1.807) is 12.1 Å². The van der Waals surface area contributed by atoms with Crippen molar-refractivity contribution in [2.24, 2.45) is 0 Å². The summed E-state index contributed by atoms with van der Waals surface area (Å²) >= 11 is 0.109. The van der Waals surface area contributed by atoms with Gasteiger partial charge in [-0.1, -0.05) is 69.4 Å². The van der Waals surface area contributed by atoms with Gasteiger partial charge in [-0.05, 0) is 24.6 Å². The highest BCUT2D eigenvalue weighted by atomic mass is 32.2. The Morgan fingerprint density at radius 3 is 1.53 bits per heavy atom. The number of hydrogen-bond donors (Lipinski definition) is 14. The Kier molecular flexibility index (Phi) is 27.4. The van der Waals surface area contributed by atoms with Gasteiger partial charge in [0.05, 0.1) is 33.0 Å². The van der Waals surface area contributed by atoms with Gasteiger partial charge in [-0.15, -0.1) is 4.33 Å². The van der Waals surface area contributed by atoms with E-state index in [0.29, 0.717) is 12.4 Å². The molecule has 4 heterocycles. The van der Waals surface area contributed by atoms with Crippen LogP contribution in [0, 0.1) is 0 Å². The fraction of sp³-hybridized carbons (Fsp3) is 0.792. The fourth-order valence-corrected chi connectivity index (χ4v) is 9.87. The first-order valence-corrected chi connectivity index (χ1v) is 26.6. The number of unbranched alkanes of at least 4 members (excludes halogenated alkanes) is 8. The SMILES string of the molecule is CCCCCCCCCCCOc1cccc(C(=O)N[C@@H]2C(O[C@H]3C(O)C(NC(C)=O)C(OC4C(CO)O[C@@H](O[C@H]5C(O)C(NC(C)=O)C(O)O[C@H]5COSOOO)[C@@H](NC(C)=O)[C@H]4O)O[C@H]3CO)OC(CO)[C@@H](O)[C@@H]2O)c1. The maximum Gasteiger partial charge on any atom is 0.251 e. The Hall–Kier alpha value is -3.55. The van der Waals surface area contributed by atoms with Crippen LogP contribution >= 0.6 is 12.3 Å². The Morgan fingerprint density at radius 1 is 0.564 bits per heavy atom. The molecule has 30 heteroatoms. The van der Waals surface area contributed by atoms with Crippen LogP contribution in [-0.2, 0) is 61.1 Å². The molecule has 20 atom stereocenters. The highest BCUT2D eigenvalue weighted by molar-refractivity contribution is 7.89. The van der Waals surface area contributed by atoms with Crippen LogP contribution in [0.15, 0.2) is 24.3 Å². The molecule has 4 fully saturated rings. The third-order valence-electron chi connectivity index (χ3n) is 13.5. The van der Waals surface area contributed by atoms with Crippen LogP contribution in [0.3, 0.4) is 0 Å². The van der Waals surface area contributed by atoms with Gasteiger partial charge >= 0.3 is 0 Å². The third kappa shape index (κ3) is 18.2. The van der Waals surface area contributed by atoms with Gasteiger partial charge in [-0.25, -0.2) is 5.26 Å². The molecule has 446 valence electrons. The Labute approximate surface area is 454 Å². The number of aliphatic hydroxyl groups excluding tert-OH is 9. The molecule has 0 spiro atoms. The summed E-state index contributed by atoms with van der Waals surface area (Å²) in [5.74, 6) is -2.62. The number of hydrogen-bond acceptors (Lipinski definition) is 26. The van der Waals surface area contributed by atoms with E-state index in [1.165, 1.54) is 44.2 Å². The van der Waals surface area contributed by atoms with E-state index < -0.39 is 173 Å². The number of nitrogens with one attached hydrogen (secondary N) is 4. The van der Waals surface area contributed by atoms with Crippen LogP contribution in [0.1, 0.15) is 95.8 Å². The van der Waals surface area contributed by atoms with Crippen molar-refractivity contribution in [1.82, 2.24) is 21.3 Å². The zero-order valence-electron chi connectivity index (χ0n) is 43.8. The van der Waals surface area contributed by atoms with E-state index in [4.69, 9.17) is 47.3 Å². The molecule has 0 bridgehead atoms. The molecule has 14 N–H and O–H groups in total. The Bertz CT molecular complexity index is 1990. The first kappa shape index (κ1) is 65.3. The highest BCUT2D eigenvalue weighted by Crippen LogP contribution is 2.35. The summed E-state index contributed by atoms with van der Waals surface area (Å²) in [6.07, 6.45) is -17.9. The molecule has 4 amide bonds. The number of aliphatic hydroxyl groups is 9. The largest absolute Gasteiger partial charge is 0.494 e.